The van der Waals surface area contributed by atoms with E-state index in [1.165, 1.54) is 6.07 Å². The standard InChI is InChI=1S/C19H19NO3/c1-12-4-3-5-14(10-12)19(8-9-19)18(23)20-15-7-6-13(2)16(11-15)17(21)22/h3-7,10-11H,8-9H2,1-2H3,(H,20,23)(H,21,22). The summed E-state index contributed by atoms with van der Waals surface area (Å²) in [4.78, 5) is 23.9. The Morgan fingerprint density at radius 3 is 2.43 bits per heavy atom. The maximum Gasteiger partial charge on any atom is 0.336 e. The van der Waals surface area contributed by atoms with E-state index in [-0.39, 0.29) is 11.5 Å². The fourth-order valence-corrected chi connectivity index (χ4v) is 2.90. The van der Waals surface area contributed by atoms with Gasteiger partial charge in [0.25, 0.3) is 0 Å². The molecule has 1 aliphatic rings. The number of aromatic carboxylic acids is 1. The summed E-state index contributed by atoms with van der Waals surface area (Å²) in [5, 5.41) is 12.1. The van der Waals surface area contributed by atoms with Crippen LogP contribution in [0.4, 0.5) is 5.69 Å². The minimum Gasteiger partial charge on any atom is -0.478 e. The van der Waals surface area contributed by atoms with Crippen LogP contribution < -0.4 is 5.32 Å². The molecule has 0 bridgehead atoms. The Morgan fingerprint density at radius 1 is 1.09 bits per heavy atom. The van der Waals surface area contributed by atoms with Crippen molar-refractivity contribution in [2.75, 3.05) is 5.32 Å². The molecule has 1 aliphatic carbocycles. The first-order valence-corrected chi connectivity index (χ1v) is 7.65. The van der Waals surface area contributed by atoms with Crippen LogP contribution in [0.1, 0.15) is 39.9 Å². The van der Waals surface area contributed by atoms with E-state index in [1.54, 1.807) is 19.1 Å². The number of rotatable bonds is 4. The predicted molar refractivity (Wildman–Crippen MR) is 88.9 cm³/mol. The monoisotopic (exact) mass is 309 g/mol. The van der Waals surface area contributed by atoms with Gasteiger partial charge in [-0.05, 0) is 49.9 Å². The second-order valence-corrected chi connectivity index (χ2v) is 6.24. The quantitative estimate of drug-likeness (QED) is 0.905. The molecular formula is C19H19NO3. The Bertz CT molecular complexity index is 791. The van der Waals surface area contributed by atoms with Crippen LogP contribution >= 0.6 is 0 Å². The molecule has 0 aromatic heterocycles. The van der Waals surface area contributed by atoms with Gasteiger partial charge in [0.2, 0.25) is 5.91 Å². The SMILES string of the molecule is Cc1cccc(C2(C(=O)Nc3ccc(C)c(C(=O)O)c3)CC2)c1. The van der Waals surface area contributed by atoms with E-state index >= 15 is 0 Å². The number of hydrogen-bond donors (Lipinski definition) is 2. The lowest BCUT2D eigenvalue weighted by atomic mass is 9.93. The summed E-state index contributed by atoms with van der Waals surface area (Å²) >= 11 is 0. The average molecular weight is 309 g/mol. The van der Waals surface area contributed by atoms with Crippen molar-refractivity contribution in [3.8, 4) is 0 Å². The fraction of sp³-hybridized carbons (Fsp3) is 0.263. The van der Waals surface area contributed by atoms with Crippen LogP contribution in [0, 0.1) is 13.8 Å². The van der Waals surface area contributed by atoms with Crippen LogP contribution in [-0.2, 0) is 10.2 Å². The summed E-state index contributed by atoms with van der Waals surface area (Å²) in [6.45, 7) is 3.75. The molecule has 2 aromatic carbocycles. The van der Waals surface area contributed by atoms with Crippen molar-refractivity contribution in [3.05, 3.63) is 64.7 Å². The van der Waals surface area contributed by atoms with Crippen molar-refractivity contribution in [2.24, 2.45) is 0 Å². The van der Waals surface area contributed by atoms with Gasteiger partial charge in [0.05, 0.1) is 11.0 Å². The van der Waals surface area contributed by atoms with Gasteiger partial charge in [-0.1, -0.05) is 35.9 Å². The Labute approximate surface area is 135 Å². The number of carbonyl (C=O) groups is 2. The zero-order chi connectivity index (χ0) is 16.6. The van der Waals surface area contributed by atoms with Gasteiger partial charge in [-0.15, -0.1) is 0 Å². The van der Waals surface area contributed by atoms with Gasteiger partial charge >= 0.3 is 5.97 Å². The zero-order valence-corrected chi connectivity index (χ0v) is 13.2. The van der Waals surface area contributed by atoms with E-state index in [0.29, 0.717) is 11.3 Å². The maximum atomic E-state index is 12.7. The van der Waals surface area contributed by atoms with Crippen molar-refractivity contribution in [2.45, 2.75) is 32.1 Å². The van der Waals surface area contributed by atoms with Gasteiger partial charge in [0.15, 0.2) is 0 Å². The molecular weight excluding hydrogens is 290 g/mol. The Hall–Kier alpha value is -2.62. The lowest BCUT2D eigenvalue weighted by molar-refractivity contribution is -0.118. The molecule has 0 atom stereocenters. The normalized spacial score (nSPS) is 15.0. The second-order valence-electron chi connectivity index (χ2n) is 6.24. The molecule has 3 rings (SSSR count). The fourth-order valence-electron chi connectivity index (χ4n) is 2.90. The number of carboxylic acid groups (broad SMARTS) is 1. The molecule has 23 heavy (non-hydrogen) atoms. The number of aryl methyl sites for hydroxylation is 2. The largest absolute Gasteiger partial charge is 0.478 e. The Balaban J connectivity index is 1.85. The van der Waals surface area contributed by atoms with E-state index in [0.717, 1.165) is 24.0 Å². The maximum absolute atomic E-state index is 12.7. The molecule has 2 N–H and O–H groups in total. The third-order valence-corrected chi connectivity index (χ3v) is 4.48. The number of amides is 1. The summed E-state index contributed by atoms with van der Waals surface area (Å²) < 4.78 is 0. The molecule has 0 spiro atoms. The van der Waals surface area contributed by atoms with Crippen molar-refractivity contribution in [1.29, 1.82) is 0 Å². The molecule has 118 valence electrons. The first kappa shape index (κ1) is 15.3. The van der Waals surface area contributed by atoms with Gasteiger partial charge in [-0.2, -0.15) is 0 Å². The van der Waals surface area contributed by atoms with Gasteiger partial charge in [-0.25, -0.2) is 4.79 Å². The summed E-state index contributed by atoms with van der Waals surface area (Å²) in [6.07, 6.45) is 1.64. The highest BCUT2D eigenvalue weighted by atomic mass is 16.4. The van der Waals surface area contributed by atoms with E-state index in [4.69, 9.17) is 0 Å². The van der Waals surface area contributed by atoms with Gasteiger partial charge in [0, 0.05) is 5.69 Å². The van der Waals surface area contributed by atoms with Gasteiger partial charge in [-0.3, -0.25) is 4.79 Å². The third-order valence-electron chi connectivity index (χ3n) is 4.48. The molecule has 1 amide bonds. The van der Waals surface area contributed by atoms with Crippen LogP contribution in [0.2, 0.25) is 0 Å². The zero-order valence-electron chi connectivity index (χ0n) is 13.2. The smallest absolute Gasteiger partial charge is 0.336 e. The number of anilines is 1. The number of benzene rings is 2. The van der Waals surface area contributed by atoms with Gasteiger partial charge < -0.3 is 10.4 Å². The summed E-state index contributed by atoms with van der Waals surface area (Å²) in [5.41, 5.74) is 3.10. The molecule has 1 saturated carbocycles. The number of hydrogen-bond acceptors (Lipinski definition) is 2. The van der Waals surface area contributed by atoms with Crippen molar-refractivity contribution >= 4 is 17.6 Å². The highest BCUT2D eigenvalue weighted by Gasteiger charge is 2.51. The third kappa shape index (κ3) is 2.84. The van der Waals surface area contributed by atoms with Crippen LogP contribution in [-0.4, -0.2) is 17.0 Å². The molecule has 4 nitrogen and oxygen atoms in total. The lowest BCUT2D eigenvalue weighted by Crippen LogP contribution is -2.28. The molecule has 0 radical (unpaired) electrons. The minimum absolute atomic E-state index is 0.0664. The summed E-state index contributed by atoms with van der Waals surface area (Å²) in [5.74, 6) is -1.05. The highest BCUT2D eigenvalue weighted by molar-refractivity contribution is 6.02. The minimum atomic E-state index is -0.988. The molecule has 0 heterocycles. The van der Waals surface area contributed by atoms with Crippen LogP contribution in [0.5, 0.6) is 0 Å². The average Bonchev–Trinajstić information content (AvgIpc) is 3.30. The molecule has 1 fully saturated rings. The molecule has 0 saturated heterocycles. The molecule has 4 heteroatoms. The van der Waals surface area contributed by atoms with Crippen LogP contribution in [0.25, 0.3) is 0 Å². The van der Waals surface area contributed by atoms with Crippen LogP contribution in [0.3, 0.4) is 0 Å². The highest BCUT2D eigenvalue weighted by Crippen LogP contribution is 2.49. The van der Waals surface area contributed by atoms with E-state index in [2.05, 4.69) is 5.32 Å². The van der Waals surface area contributed by atoms with Crippen molar-refractivity contribution in [3.63, 3.8) is 0 Å². The first-order chi connectivity index (χ1) is 10.9. The molecule has 0 unspecified atom stereocenters. The van der Waals surface area contributed by atoms with E-state index in [9.17, 15) is 14.7 Å². The van der Waals surface area contributed by atoms with Gasteiger partial charge in [0.1, 0.15) is 0 Å². The number of carbonyl (C=O) groups excluding carboxylic acids is 1. The van der Waals surface area contributed by atoms with E-state index in [1.807, 2.05) is 31.2 Å². The second kappa shape index (κ2) is 5.54. The van der Waals surface area contributed by atoms with Crippen LogP contribution in [0.15, 0.2) is 42.5 Å². The molecule has 2 aromatic rings. The van der Waals surface area contributed by atoms with Crippen molar-refractivity contribution < 1.29 is 14.7 Å². The summed E-state index contributed by atoms with van der Waals surface area (Å²) in [6, 6.07) is 13.0. The van der Waals surface area contributed by atoms with Crippen molar-refractivity contribution in [1.82, 2.24) is 0 Å². The number of nitrogens with one attached hydrogen (secondary N) is 1. The topological polar surface area (TPSA) is 66.4 Å². The van der Waals surface area contributed by atoms with E-state index < -0.39 is 11.4 Å². The first-order valence-electron chi connectivity index (χ1n) is 7.65. The predicted octanol–water partition coefficient (Wildman–Crippen LogP) is 3.67. The lowest BCUT2D eigenvalue weighted by Gasteiger charge is -2.17. The molecule has 0 aliphatic heterocycles. The Kier molecular flexibility index (Phi) is 3.68. The number of carboxylic acids is 1. The summed E-state index contributed by atoms with van der Waals surface area (Å²) in [7, 11) is 0. The Morgan fingerprint density at radius 2 is 1.83 bits per heavy atom.